The van der Waals surface area contributed by atoms with Crippen molar-refractivity contribution in [1.82, 2.24) is 0 Å². The summed E-state index contributed by atoms with van der Waals surface area (Å²) in [4.78, 5) is 34.1. The van der Waals surface area contributed by atoms with Gasteiger partial charge in [-0.3, -0.25) is 9.59 Å². The average molecular weight is 366 g/mol. The lowest BCUT2D eigenvalue weighted by Gasteiger charge is -2.31. The highest BCUT2D eigenvalue weighted by molar-refractivity contribution is 8.00. The Balaban J connectivity index is 2.13. The van der Waals surface area contributed by atoms with Gasteiger partial charge in [-0.1, -0.05) is 23.9 Å². The van der Waals surface area contributed by atoms with Gasteiger partial charge in [-0.25, -0.2) is 4.79 Å². The molecule has 1 N–H and O–H groups in total. The van der Waals surface area contributed by atoms with Crippen molar-refractivity contribution >= 4 is 29.7 Å². The Morgan fingerprint density at radius 2 is 1.88 bits per heavy atom. The highest BCUT2D eigenvalue weighted by Gasteiger charge is 2.31. The molecule has 0 saturated carbocycles. The molecule has 134 valence electrons. The predicted molar refractivity (Wildman–Crippen MR) is 89.2 cm³/mol. The van der Waals surface area contributed by atoms with E-state index in [9.17, 15) is 19.5 Å². The van der Waals surface area contributed by atoms with Gasteiger partial charge in [-0.05, 0) is 24.3 Å². The van der Waals surface area contributed by atoms with Crippen molar-refractivity contribution in [2.75, 3.05) is 6.61 Å². The number of hydrogen-bond acceptors (Lipinski definition) is 7. The third-order valence-electron chi connectivity index (χ3n) is 3.25. The third-order valence-corrected chi connectivity index (χ3v) is 4.36. The van der Waals surface area contributed by atoms with E-state index in [1.165, 1.54) is 31.7 Å². The molecule has 1 aromatic rings. The number of aromatic carboxylic acids is 1. The van der Waals surface area contributed by atoms with Gasteiger partial charge in [-0.2, -0.15) is 0 Å². The second kappa shape index (κ2) is 8.68. The van der Waals surface area contributed by atoms with E-state index in [1.54, 1.807) is 30.4 Å². The number of thioether (sulfide) groups is 1. The molecule has 1 aromatic carbocycles. The fourth-order valence-corrected chi connectivity index (χ4v) is 3.26. The van der Waals surface area contributed by atoms with Crippen LogP contribution < -0.4 is 0 Å². The molecular weight excluding hydrogens is 348 g/mol. The monoisotopic (exact) mass is 366 g/mol. The summed E-state index contributed by atoms with van der Waals surface area (Å²) in [6.07, 6.45) is 1.98. The first kappa shape index (κ1) is 19.0. The highest BCUT2D eigenvalue weighted by atomic mass is 32.2. The molecule has 0 spiro atoms. The van der Waals surface area contributed by atoms with Gasteiger partial charge in [0.2, 0.25) is 0 Å². The van der Waals surface area contributed by atoms with Crippen LogP contribution in [0.15, 0.2) is 41.3 Å². The molecule has 3 atom stereocenters. The van der Waals surface area contributed by atoms with Crippen LogP contribution in [0.25, 0.3) is 0 Å². The minimum absolute atomic E-state index is 0.0741. The molecule has 0 amide bonds. The number of rotatable bonds is 6. The number of carboxylic acid groups (broad SMARTS) is 1. The minimum Gasteiger partial charge on any atom is -0.478 e. The zero-order valence-corrected chi connectivity index (χ0v) is 14.5. The van der Waals surface area contributed by atoms with Crippen molar-refractivity contribution in [3.63, 3.8) is 0 Å². The van der Waals surface area contributed by atoms with E-state index in [-0.39, 0.29) is 12.2 Å². The number of carbonyl (C=O) groups excluding carboxylic acids is 2. The summed E-state index contributed by atoms with van der Waals surface area (Å²) < 4.78 is 15.9. The van der Waals surface area contributed by atoms with Gasteiger partial charge in [0.05, 0.1) is 5.56 Å². The zero-order chi connectivity index (χ0) is 18.4. The van der Waals surface area contributed by atoms with E-state index < -0.39 is 35.6 Å². The standard InChI is InChI=1S/C17H18O7S/c1-10(18)22-9-14-13(23-11(2)19)7-8-16(24-14)25-15-6-4-3-5-12(15)17(20)21/h3-8,13-14,16H,9H2,1-2H3,(H,20,21)/t13-,14+,16+/m0/s1. The molecule has 0 radical (unpaired) electrons. The highest BCUT2D eigenvalue weighted by Crippen LogP contribution is 2.32. The van der Waals surface area contributed by atoms with Gasteiger partial charge in [0.25, 0.3) is 0 Å². The van der Waals surface area contributed by atoms with Crippen molar-refractivity contribution in [2.45, 2.75) is 36.4 Å². The predicted octanol–water partition coefficient (Wildman–Crippen LogP) is 2.25. The maximum Gasteiger partial charge on any atom is 0.336 e. The fourth-order valence-electron chi connectivity index (χ4n) is 2.20. The number of hydrogen-bond donors (Lipinski definition) is 1. The van der Waals surface area contributed by atoms with Crippen LogP contribution in [0.2, 0.25) is 0 Å². The van der Waals surface area contributed by atoms with E-state index in [1.807, 2.05) is 0 Å². The summed E-state index contributed by atoms with van der Waals surface area (Å²) in [7, 11) is 0. The number of ether oxygens (including phenoxy) is 3. The second-order valence-corrected chi connectivity index (χ2v) is 6.36. The van der Waals surface area contributed by atoms with Crippen LogP contribution in [0.3, 0.4) is 0 Å². The molecule has 0 unspecified atom stereocenters. The molecule has 1 aliphatic rings. The average Bonchev–Trinajstić information content (AvgIpc) is 2.54. The largest absolute Gasteiger partial charge is 0.478 e. The number of carbonyl (C=O) groups is 3. The molecule has 0 saturated heterocycles. The third kappa shape index (κ3) is 5.61. The van der Waals surface area contributed by atoms with Crippen LogP contribution in [0.4, 0.5) is 0 Å². The van der Waals surface area contributed by atoms with Crippen molar-refractivity contribution in [1.29, 1.82) is 0 Å². The van der Waals surface area contributed by atoms with Crippen molar-refractivity contribution in [3.05, 3.63) is 42.0 Å². The topological polar surface area (TPSA) is 99.1 Å². The summed E-state index contributed by atoms with van der Waals surface area (Å²) in [5.41, 5.74) is -0.337. The Bertz CT molecular complexity index is 685. The number of esters is 2. The van der Waals surface area contributed by atoms with Gasteiger partial charge >= 0.3 is 17.9 Å². The van der Waals surface area contributed by atoms with Crippen molar-refractivity contribution in [3.8, 4) is 0 Å². The fraction of sp³-hybridized carbons (Fsp3) is 0.353. The second-order valence-electron chi connectivity index (χ2n) is 5.22. The molecule has 1 heterocycles. The van der Waals surface area contributed by atoms with Gasteiger partial charge in [0.15, 0.2) is 0 Å². The van der Waals surface area contributed by atoms with Crippen LogP contribution in [0, 0.1) is 0 Å². The summed E-state index contributed by atoms with van der Waals surface area (Å²) in [6.45, 7) is 2.48. The summed E-state index contributed by atoms with van der Waals surface area (Å²) in [6, 6.07) is 6.57. The van der Waals surface area contributed by atoms with E-state index in [0.717, 1.165) is 0 Å². The summed E-state index contributed by atoms with van der Waals surface area (Å²) >= 11 is 1.21. The molecule has 0 aliphatic carbocycles. The van der Waals surface area contributed by atoms with Gasteiger partial charge in [-0.15, -0.1) is 0 Å². The molecule has 7 nitrogen and oxygen atoms in total. The molecule has 0 fully saturated rings. The molecule has 0 aromatic heterocycles. The Morgan fingerprint density at radius 1 is 1.16 bits per heavy atom. The smallest absolute Gasteiger partial charge is 0.336 e. The van der Waals surface area contributed by atoms with Crippen molar-refractivity contribution < 1.29 is 33.7 Å². The van der Waals surface area contributed by atoms with Crippen LogP contribution in [0.5, 0.6) is 0 Å². The van der Waals surface area contributed by atoms with E-state index in [4.69, 9.17) is 14.2 Å². The molecule has 0 bridgehead atoms. The maximum absolute atomic E-state index is 11.3. The first-order chi connectivity index (χ1) is 11.9. The molecule has 8 heteroatoms. The molecule has 25 heavy (non-hydrogen) atoms. The van der Waals surface area contributed by atoms with Crippen molar-refractivity contribution in [2.24, 2.45) is 0 Å². The minimum atomic E-state index is -1.03. The molecule has 1 aliphatic heterocycles. The van der Waals surface area contributed by atoms with Crippen LogP contribution in [-0.4, -0.2) is 47.3 Å². The number of carboxylic acids is 1. The van der Waals surface area contributed by atoms with E-state index >= 15 is 0 Å². The lowest BCUT2D eigenvalue weighted by atomic mass is 10.1. The van der Waals surface area contributed by atoms with Crippen LogP contribution in [0.1, 0.15) is 24.2 Å². The normalized spacial score (nSPS) is 22.2. The summed E-state index contributed by atoms with van der Waals surface area (Å²) in [5.74, 6) is -1.98. The van der Waals surface area contributed by atoms with Gasteiger partial charge in [0, 0.05) is 18.7 Å². The summed E-state index contributed by atoms with van der Waals surface area (Å²) in [5, 5.41) is 9.25. The first-order valence-electron chi connectivity index (χ1n) is 7.50. The molecular formula is C17H18O7S. The maximum atomic E-state index is 11.3. The van der Waals surface area contributed by atoms with E-state index in [2.05, 4.69) is 0 Å². The van der Waals surface area contributed by atoms with Gasteiger partial charge < -0.3 is 19.3 Å². The van der Waals surface area contributed by atoms with Crippen LogP contribution in [-0.2, 0) is 23.8 Å². The van der Waals surface area contributed by atoms with Gasteiger partial charge in [0.1, 0.15) is 24.3 Å². The zero-order valence-electron chi connectivity index (χ0n) is 13.7. The molecule has 2 rings (SSSR count). The Kier molecular flexibility index (Phi) is 6.60. The SMILES string of the molecule is CC(=O)OC[C@H]1O[C@H](Sc2ccccc2C(=O)O)C=C[C@@H]1OC(C)=O. The lowest BCUT2D eigenvalue weighted by Crippen LogP contribution is -2.40. The Morgan fingerprint density at radius 3 is 2.52 bits per heavy atom. The first-order valence-corrected chi connectivity index (χ1v) is 8.38. The lowest BCUT2D eigenvalue weighted by molar-refractivity contribution is -0.160. The van der Waals surface area contributed by atoms with Crippen LogP contribution >= 0.6 is 11.8 Å². The Labute approximate surface area is 148 Å². The quantitative estimate of drug-likeness (QED) is 0.604. The Hall–Kier alpha value is -2.32. The number of benzene rings is 1. The van der Waals surface area contributed by atoms with E-state index in [0.29, 0.717) is 4.90 Å².